The van der Waals surface area contributed by atoms with Crippen molar-refractivity contribution >= 4 is 23.6 Å². The third kappa shape index (κ3) is 3.52. The van der Waals surface area contributed by atoms with Crippen molar-refractivity contribution in [3.63, 3.8) is 0 Å². The smallest absolute Gasteiger partial charge is 0.250 e. The summed E-state index contributed by atoms with van der Waals surface area (Å²) in [6, 6.07) is 10.3. The van der Waals surface area contributed by atoms with Gasteiger partial charge in [0.05, 0.1) is 18.2 Å². The summed E-state index contributed by atoms with van der Waals surface area (Å²) in [6.45, 7) is 1.48. The lowest BCUT2D eigenvalue weighted by atomic mass is 9.93. The Hall–Kier alpha value is -3.15. The van der Waals surface area contributed by atoms with Crippen LogP contribution < -0.4 is 10.9 Å². The van der Waals surface area contributed by atoms with E-state index < -0.39 is 0 Å². The fourth-order valence-corrected chi connectivity index (χ4v) is 2.97. The molecule has 1 atom stereocenters. The van der Waals surface area contributed by atoms with Crippen LogP contribution >= 0.6 is 0 Å². The first-order valence-corrected chi connectivity index (χ1v) is 7.98. The van der Waals surface area contributed by atoms with Crippen molar-refractivity contribution in [1.82, 2.24) is 9.47 Å². The predicted molar refractivity (Wildman–Crippen MR) is 95.7 cm³/mol. The van der Waals surface area contributed by atoms with Gasteiger partial charge in [0.2, 0.25) is 17.4 Å². The minimum atomic E-state index is -0.355. The summed E-state index contributed by atoms with van der Waals surface area (Å²) in [5.41, 5.74) is 2.34. The summed E-state index contributed by atoms with van der Waals surface area (Å²) >= 11 is 0. The second-order valence-electron chi connectivity index (χ2n) is 6.01. The SMILES string of the molecule is CC(=O)N1C=Cc2ccccc2[C@H]1CC(=O)Nc1ccc(=O)n(C)c1. The monoisotopic (exact) mass is 337 g/mol. The summed E-state index contributed by atoms with van der Waals surface area (Å²) < 4.78 is 1.40. The van der Waals surface area contributed by atoms with Gasteiger partial charge in [0.25, 0.3) is 0 Å². The minimum Gasteiger partial charge on any atom is -0.325 e. The lowest BCUT2D eigenvalue weighted by Gasteiger charge is -2.32. The summed E-state index contributed by atoms with van der Waals surface area (Å²) in [7, 11) is 1.62. The molecule has 6 heteroatoms. The number of nitrogens with one attached hydrogen (secondary N) is 1. The maximum atomic E-state index is 12.5. The summed E-state index contributed by atoms with van der Waals surface area (Å²) in [6.07, 6.45) is 5.29. The van der Waals surface area contributed by atoms with Crippen molar-refractivity contribution in [1.29, 1.82) is 0 Å². The van der Waals surface area contributed by atoms with Crippen molar-refractivity contribution in [3.8, 4) is 0 Å². The van der Waals surface area contributed by atoms with Crippen LogP contribution in [0.2, 0.25) is 0 Å². The van der Waals surface area contributed by atoms with Gasteiger partial charge in [0.15, 0.2) is 0 Å². The van der Waals surface area contributed by atoms with Crippen molar-refractivity contribution < 1.29 is 9.59 Å². The normalized spacial score (nSPS) is 15.6. The average Bonchev–Trinajstić information content (AvgIpc) is 2.58. The number of rotatable bonds is 3. The number of fused-ring (bicyclic) bond motifs is 1. The average molecular weight is 337 g/mol. The molecule has 1 N–H and O–H groups in total. The first-order chi connectivity index (χ1) is 12.0. The van der Waals surface area contributed by atoms with E-state index in [2.05, 4.69) is 5.32 Å². The molecular formula is C19H19N3O3. The molecule has 0 spiro atoms. The van der Waals surface area contributed by atoms with Crippen LogP contribution in [0.3, 0.4) is 0 Å². The van der Waals surface area contributed by atoms with Crippen molar-refractivity contribution in [2.45, 2.75) is 19.4 Å². The molecule has 0 radical (unpaired) electrons. The number of aryl methyl sites for hydroxylation is 1. The Balaban J connectivity index is 1.82. The van der Waals surface area contributed by atoms with E-state index in [4.69, 9.17) is 0 Å². The third-order valence-corrected chi connectivity index (χ3v) is 4.22. The maximum absolute atomic E-state index is 12.5. The number of amides is 2. The van der Waals surface area contributed by atoms with E-state index in [9.17, 15) is 14.4 Å². The third-order valence-electron chi connectivity index (χ3n) is 4.22. The molecule has 1 aliphatic rings. The lowest BCUT2D eigenvalue weighted by molar-refractivity contribution is -0.129. The molecule has 0 aliphatic carbocycles. The van der Waals surface area contributed by atoms with E-state index in [1.54, 1.807) is 30.4 Å². The van der Waals surface area contributed by atoms with Gasteiger partial charge in [-0.3, -0.25) is 14.4 Å². The molecule has 0 bridgehead atoms. The Bertz CT molecular complexity index is 914. The number of hydrogen-bond acceptors (Lipinski definition) is 3. The molecule has 0 fully saturated rings. The van der Waals surface area contributed by atoms with E-state index in [0.29, 0.717) is 5.69 Å². The van der Waals surface area contributed by atoms with Crippen LogP contribution in [0, 0.1) is 0 Å². The molecule has 2 aromatic rings. The van der Waals surface area contributed by atoms with Crippen LogP contribution in [-0.4, -0.2) is 21.3 Å². The molecule has 0 saturated carbocycles. The highest BCUT2D eigenvalue weighted by atomic mass is 16.2. The molecule has 3 rings (SSSR count). The van der Waals surface area contributed by atoms with Crippen LogP contribution in [0.5, 0.6) is 0 Å². The van der Waals surface area contributed by atoms with E-state index in [-0.39, 0.29) is 29.8 Å². The molecule has 128 valence electrons. The Morgan fingerprint density at radius 1 is 1.16 bits per heavy atom. The molecule has 2 heterocycles. The topological polar surface area (TPSA) is 71.4 Å². The second-order valence-corrected chi connectivity index (χ2v) is 6.01. The number of nitrogens with zero attached hydrogens (tertiary/aromatic N) is 2. The van der Waals surface area contributed by atoms with Crippen molar-refractivity contribution in [3.05, 3.63) is 70.3 Å². The quantitative estimate of drug-likeness (QED) is 0.934. The number of anilines is 1. The maximum Gasteiger partial charge on any atom is 0.250 e. The van der Waals surface area contributed by atoms with Crippen molar-refractivity contribution in [2.24, 2.45) is 7.05 Å². The minimum absolute atomic E-state index is 0.120. The second kappa shape index (κ2) is 6.76. The standard InChI is InChI=1S/C19H19N3O3/c1-13(23)22-10-9-14-5-3-4-6-16(14)17(22)11-18(24)20-15-7-8-19(25)21(2)12-15/h3-10,12,17H,11H2,1-2H3,(H,20,24)/t17-/m1/s1. The van der Waals surface area contributed by atoms with Gasteiger partial charge in [-0.15, -0.1) is 0 Å². The number of hydrogen-bond donors (Lipinski definition) is 1. The summed E-state index contributed by atoms with van der Waals surface area (Å²) in [5, 5.41) is 2.79. The molecule has 25 heavy (non-hydrogen) atoms. The molecule has 1 aromatic heterocycles. The van der Waals surface area contributed by atoms with E-state index >= 15 is 0 Å². The van der Waals surface area contributed by atoms with E-state index in [1.165, 1.54) is 17.6 Å². The van der Waals surface area contributed by atoms with Gasteiger partial charge < -0.3 is 14.8 Å². The molecule has 1 aliphatic heterocycles. The van der Waals surface area contributed by atoms with Gasteiger partial charge in [-0.1, -0.05) is 24.3 Å². The lowest BCUT2D eigenvalue weighted by Crippen LogP contribution is -2.33. The molecular weight excluding hydrogens is 318 g/mol. The van der Waals surface area contributed by atoms with Crippen LogP contribution in [-0.2, 0) is 16.6 Å². The number of carbonyl (C=O) groups excluding carboxylic acids is 2. The molecule has 0 unspecified atom stereocenters. The van der Waals surface area contributed by atoms with Gasteiger partial charge in [-0.05, 0) is 23.3 Å². The summed E-state index contributed by atoms with van der Waals surface area (Å²) in [4.78, 5) is 37.4. The zero-order chi connectivity index (χ0) is 18.0. The van der Waals surface area contributed by atoms with Crippen LogP contribution in [0.15, 0.2) is 53.6 Å². The van der Waals surface area contributed by atoms with E-state index in [1.807, 2.05) is 30.3 Å². The predicted octanol–water partition coefficient (Wildman–Crippen LogP) is 2.29. The van der Waals surface area contributed by atoms with E-state index in [0.717, 1.165) is 11.1 Å². The fraction of sp³-hybridized carbons (Fsp3) is 0.211. The number of aromatic nitrogens is 1. The molecule has 6 nitrogen and oxygen atoms in total. The number of carbonyl (C=O) groups is 2. The Labute approximate surface area is 145 Å². The van der Waals surface area contributed by atoms with Crippen LogP contribution in [0.1, 0.15) is 30.5 Å². The Morgan fingerprint density at radius 3 is 2.64 bits per heavy atom. The molecule has 2 amide bonds. The largest absolute Gasteiger partial charge is 0.325 e. The van der Waals surface area contributed by atoms with Gasteiger partial charge >= 0.3 is 0 Å². The Kier molecular flexibility index (Phi) is 4.52. The summed E-state index contributed by atoms with van der Waals surface area (Å²) in [5.74, 6) is -0.342. The van der Waals surface area contributed by atoms with Gasteiger partial charge in [0.1, 0.15) is 0 Å². The zero-order valence-electron chi connectivity index (χ0n) is 14.1. The Morgan fingerprint density at radius 2 is 1.92 bits per heavy atom. The van der Waals surface area contributed by atoms with Gasteiger partial charge in [-0.2, -0.15) is 0 Å². The fourth-order valence-electron chi connectivity index (χ4n) is 2.97. The van der Waals surface area contributed by atoms with Gasteiger partial charge in [0, 0.05) is 32.4 Å². The van der Waals surface area contributed by atoms with Crippen LogP contribution in [0.25, 0.3) is 6.08 Å². The molecule has 1 aromatic carbocycles. The number of pyridine rings is 1. The van der Waals surface area contributed by atoms with Gasteiger partial charge in [-0.25, -0.2) is 0 Å². The highest BCUT2D eigenvalue weighted by molar-refractivity contribution is 5.92. The first kappa shape index (κ1) is 16.7. The first-order valence-electron chi connectivity index (χ1n) is 7.98. The van der Waals surface area contributed by atoms with Crippen LogP contribution in [0.4, 0.5) is 5.69 Å². The zero-order valence-corrected chi connectivity index (χ0v) is 14.1. The molecule has 0 saturated heterocycles. The van der Waals surface area contributed by atoms with Crippen molar-refractivity contribution in [2.75, 3.05) is 5.32 Å². The number of benzene rings is 1. The highest BCUT2D eigenvalue weighted by Gasteiger charge is 2.28. The highest BCUT2D eigenvalue weighted by Crippen LogP contribution is 2.33.